The van der Waals surface area contributed by atoms with Crippen molar-refractivity contribution in [2.75, 3.05) is 7.05 Å². The molecule has 2 heteroatoms. The van der Waals surface area contributed by atoms with Crippen LogP contribution in [0.4, 0.5) is 0 Å². The summed E-state index contributed by atoms with van der Waals surface area (Å²) in [6, 6.07) is 2.10. The molecule has 3 atom stereocenters. The van der Waals surface area contributed by atoms with Crippen LogP contribution in [0, 0.1) is 11.8 Å². The van der Waals surface area contributed by atoms with Crippen molar-refractivity contribution in [3.8, 4) is 0 Å². The Labute approximate surface area is 107 Å². The van der Waals surface area contributed by atoms with Crippen LogP contribution in [-0.4, -0.2) is 30.1 Å². The molecular weight excluding hydrogens is 208 g/mol. The van der Waals surface area contributed by atoms with Crippen LogP contribution in [-0.2, 0) is 0 Å². The highest BCUT2D eigenvalue weighted by molar-refractivity contribution is 4.88. The summed E-state index contributed by atoms with van der Waals surface area (Å²) in [7, 11) is 2.36. The van der Waals surface area contributed by atoms with E-state index in [9.17, 15) is 0 Å². The molecule has 2 saturated carbocycles. The van der Waals surface area contributed by atoms with Gasteiger partial charge in [-0.15, -0.1) is 0 Å². The van der Waals surface area contributed by atoms with Gasteiger partial charge in [-0.1, -0.05) is 13.8 Å². The Bertz CT molecular complexity index is 233. The van der Waals surface area contributed by atoms with Crippen molar-refractivity contribution in [3.05, 3.63) is 0 Å². The topological polar surface area (TPSA) is 29.3 Å². The van der Waals surface area contributed by atoms with Gasteiger partial charge in [0.1, 0.15) is 0 Å². The lowest BCUT2D eigenvalue weighted by Gasteiger charge is -2.44. The molecule has 0 aromatic heterocycles. The largest absolute Gasteiger partial charge is 0.328 e. The zero-order chi connectivity index (χ0) is 12.4. The molecule has 0 aromatic rings. The Hall–Kier alpha value is -0.0800. The molecule has 2 fully saturated rings. The Kier molecular flexibility index (Phi) is 4.48. The molecule has 0 aliphatic heterocycles. The smallest absolute Gasteiger partial charge is 0.0121 e. The van der Waals surface area contributed by atoms with E-state index in [-0.39, 0.29) is 0 Å². The van der Waals surface area contributed by atoms with Crippen LogP contribution in [0.5, 0.6) is 0 Å². The van der Waals surface area contributed by atoms with Gasteiger partial charge in [-0.05, 0) is 63.8 Å². The van der Waals surface area contributed by atoms with Crippen molar-refractivity contribution in [1.29, 1.82) is 0 Å². The van der Waals surface area contributed by atoms with E-state index in [1.807, 2.05) is 0 Å². The summed E-state index contributed by atoms with van der Waals surface area (Å²) < 4.78 is 0. The number of hydrogen-bond donors (Lipinski definition) is 1. The maximum atomic E-state index is 6.00. The molecule has 0 bridgehead atoms. The van der Waals surface area contributed by atoms with Crippen molar-refractivity contribution < 1.29 is 0 Å². The highest BCUT2D eigenvalue weighted by Gasteiger charge is 2.32. The molecule has 0 spiro atoms. The van der Waals surface area contributed by atoms with Gasteiger partial charge in [0.25, 0.3) is 0 Å². The minimum atomic E-state index is 0.475. The second-order valence-electron chi connectivity index (χ2n) is 6.70. The van der Waals surface area contributed by atoms with Gasteiger partial charge < -0.3 is 10.6 Å². The van der Waals surface area contributed by atoms with Crippen LogP contribution in [0.25, 0.3) is 0 Å². The molecule has 17 heavy (non-hydrogen) atoms. The summed E-state index contributed by atoms with van der Waals surface area (Å²) in [5, 5.41) is 0. The molecular formula is C15H30N2. The molecule has 2 aliphatic carbocycles. The monoisotopic (exact) mass is 238 g/mol. The highest BCUT2D eigenvalue weighted by atomic mass is 15.2. The standard InChI is InChI=1S/C15H30N2/c1-11-4-9-15(12(2)10-11)17(3)14-7-5-13(16)6-8-14/h11-15H,4-10,16H2,1-3H3. The van der Waals surface area contributed by atoms with E-state index in [0.29, 0.717) is 6.04 Å². The van der Waals surface area contributed by atoms with Crippen LogP contribution in [0.3, 0.4) is 0 Å². The van der Waals surface area contributed by atoms with Gasteiger partial charge in [-0.3, -0.25) is 0 Å². The molecule has 0 amide bonds. The highest BCUT2D eigenvalue weighted by Crippen LogP contribution is 2.34. The summed E-state index contributed by atoms with van der Waals surface area (Å²) in [5.74, 6) is 1.81. The third-order valence-electron chi connectivity index (χ3n) is 5.23. The molecule has 3 unspecified atom stereocenters. The van der Waals surface area contributed by atoms with Crippen molar-refractivity contribution in [1.82, 2.24) is 4.90 Å². The summed E-state index contributed by atoms with van der Waals surface area (Å²) in [6.45, 7) is 4.86. The predicted octanol–water partition coefficient (Wildman–Crippen LogP) is 3.01. The molecule has 2 rings (SSSR count). The van der Waals surface area contributed by atoms with Gasteiger partial charge in [0.15, 0.2) is 0 Å². The third kappa shape index (κ3) is 3.23. The summed E-state index contributed by atoms with van der Waals surface area (Å²) in [4.78, 5) is 2.70. The van der Waals surface area contributed by atoms with Crippen LogP contribution < -0.4 is 5.73 Å². The molecule has 0 aromatic carbocycles. The fraction of sp³-hybridized carbons (Fsp3) is 1.00. The van der Waals surface area contributed by atoms with Gasteiger partial charge in [0.2, 0.25) is 0 Å². The van der Waals surface area contributed by atoms with Crippen molar-refractivity contribution >= 4 is 0 Å². The van der Waals surface area contributed by atoms with Gasteiger partial charge in [0, 0.05) is 18.1 Å². The molecule has 2 aliphatic rings. The summed E-state index contributed by atoms with van der Waals surface area (Å²) in [6.07, 6.45) is 9.33. The minimum absolute atomic E-state index is 0.475. The van der Waals surface area contributed by atoms with E-state index in [0.717, 1.165) is 23.9 Å². The Morgan fingerprint density at radius 1 is 0.941 bits per heavy atom. The van der Waals surface area contributed by atoms with Crippen molar-refractivity contribution in [2.24, 2.45) is 17.6 Å². The van der Waals surface area contributed by atoms with Gasteiger partial charge in [-0.2, -0.15) is 0 Å². The fourth-order valence-electron chi connectivity index (χ4n) is 4.03. The first-order chi connectivity index (χ1) is 8.08. The second kappa shape index (κ2) is 5.71. The van der Waals surface area contributed by atoms with Gasteiger partial charge in [0.05, 0.1) is 0 Å². The first-order valence-electron chi connectivity index (χ1n) is 7.55. The molecule has 2 N–H and O–H groups in total. The number of nitrogens with two attached hydrogens (primary N) is 1. The first-order valence-corrected chi connectivity index (χ1v) is 7.55. The predicted molar refractivity (Wildman–Crippen MR) is 74.0 cm³/mol. The lowest BCUT2D eigenvalue weighted by Crippen LogP contribution is -2.48. The van der Waals surface area contributed by atoms with Gasteiger partial charge >= 0.3 is 0 Å². The Morgan fingerprint density at radius 2 is 1.59 bits per heavy atom. The second-order valence-corrected chi connectivity index (χ2v) is 6.70. The lowest BCUT2D eigenvalue weighted by molar-refractivity contribution is 0.0618. The summed E-state index contributed by atoms with van der Waals surface area (Å²) >= 11 is 0. The Morgan fingerprint density at radius 3 is 2.18 bits per heavy atom. The SMILES string of the molecule is CC1CCC(N(C)C2CCC(N)CC2)C(C)C1. The molecule has 0 radical (unpaired) electrons. The van der Waals surface area contributed by atoms with Gasteiger partial charge in [-0.25, -0.2) is 0 Å². The normalized spacial score (nSPS) is 43.9. The van der Waals surface area contributed by atoms with E-state index in [1.54, 1.807) is 0 Å². The lowest BCUT2D eigenvalue weighted by atomic mass is 9.78. The van der Waals surface area contributed by atoms with Crippen molar-refractivity contribution in [2.45, 2.75) is 76.9 Å². The first kappa shape index (κ1) is 13.4. The maximum absolute atomic E-state index is 6.00. The average Bonchev–Trinajstić information content (AvgIpc) is 2.29. The van der Waals surface area contributed by atoms with Crippen LogP contribution in [0.2, 0.25) is 0 Å². The van der Waals surface area contributed by atoms with Crippen LogP contribution >= 0.6 is 0 Å². The van der Waals surface area contributed by atoms with E-state index >= 15 is 0 Å². The Balaban J connectivity index is 1.88. The number of nitrogens with zero attached hydrogens (tertiary/aromatic N) is 1. The van der Waals surface area contributed by atoms with E-state index in [4.69, 9.17) is 5.73 Å². The number of rotatable bonds is 2. The molecule has 0 heterocycles. The zero-order valence-electron chi connectivity index (χ0n) is 11.9. The minimum Gasteiger partial charge on any atom is -0.328 e. The molecule has 100 valence electrons. The van der Waals surface area contributed by atoms with Crippen LogP contribution in [0.1, 0.15) is 58.8 Å². The van der Waals surface area contributed by atoms with Crippen LogP contribution in [0.15, 0.2) is 0 Å². The van der Waals surface area contributed by atoms with Crippen molar-refractivity contribution in [3.63, 3.8) is 0 Å². The third-order valence-corrected chi connectivity index (χ3v) is 5.23. The zero-order valence-corrected chi connectivity index (χ0v) is 11.9. The molecule has 0 saturated heterocycles. The fourth-order valence-corrected chi connectivity index (χ4v) is 4.03. The van der Waals surface area contributed by atoms with E-state index < -0.39 is 0 Å². The number of hydrogen-bond acceptors (Lipinski definition) is 2. The van der Waals surface area contributed by atoms with E-state index in [1.165, 1.54) is 44.9 Å². The van der Waals surface area contributed by atoms with E-state index in [2.05, 4.69) is 25.8 Å². The quantitative estimate of drug-likeness (QED) is 0.801. The average molecular weight is 238 g/mol. The maximum Gasteiger partial charge on any atom is 0.0121 e. The molecule has 2 nitrogen and oxygen atoms in total. The summed E-state index contributed by atoms with van der Waals surface area (Å²) in [5.41, 5.74) is 6.00.